The molecule has 0 saturated carbocycles. The average molecular weight is 384 g/mol. The molecule has 1 N–H and O–H groups in total. The van der Waals surface area contributed by atoms with Crippen molar-refractivity contribution in [1.29, 1.82) is 0 Å². The van der Waals surface area contributed by atoms with Gasteiger partial charge in [-0.2, -0.15) is 0 Å². The molecule has 3 amide bonds. The Morgan fingerprint density at radius 3 is 2.38 bits per heavy atom. The van der Waals surface area contributed by atoms with Gasteiger partial charge in [-0.3, -0.25) is 24.6 Å². The van der Waals surface area contributed by atoms with Crippen LogP contribution in [-0.4, -0.2) is 38.9 Å². The van der Waals surface area contributed by atoms with Crippen LogP contribution in [0.25, 0.3) is 9.88 Å². The monoisotopic (exact) mass is 384 g/mol. The first-order chi connectivity index (χ1) is 12.6. The van der Waals surface area contributed by atoms with E-state index in [-0.39, 0.29) is 0 Å². The van der Waals surface area contributed by atoms with Crippen LogP contribution in [0.2, 0.25) is 0 Å². The number of hydrogen-bond donors (Lipinski definition) is 1. The molecule has 26 heavy (non-hydrogen) atoms. The maximum absolute atomic E-state index is 12.5. The summed E-state index contributed by atoms with van der Waals surface area (Å²) in [6.45, 7) is 1.51. The van der Waals surface area contributed by atoms with Crippen molar-refractivity contribution in [2.45, 2.75) is 13.0 Å². The van der Waals surface area contributed by atoms with E-state index >= 15 is 0 Å². The van der Waals surface area contributed by atoms with Gasteiger partial charge in [0.25, 0.3) is 11.8 Å². The number of nitrogens with zero attached hydrogens (tertiary/aromatic N) is 3. The van der Waals surface area contributed by atoms with Crippen molar-refractivity contribution in [1.82, 2.24) is 15.1 Å². The summed E-state index contributed by atoms with van der Waals surface area (Å²) in [7, 11) is 0. The van der Waals surface area contributed by atoms with Gasteiger partial charge in [0.2, 0.25) is 11.0 Å². The molecule has 1 atom stereocenters. The zero-order chi connectivity index (χ0) is 18.3. The average Bonchev–Trinajstić information content (AvgIpc) is 3.36. The van der Waals surface area contributed by atoms with E-state index in [4.69, 9.17) is 0 Å². The number of thiophene rings is 1. The van der Waals surface area contributed by atoms with E-state index in [0.29, 0.717) is 21.3 Å². The highest BCUT2D eigenvalue weighted by Gasteiger charge is 2.40. The van der Waals surface area contributed by atoms with Crippen molar-refractivity contribution < 1.29 is 14.4 Å². The van der Waals surface area contributed by atoms with E-state index in [2.05, 4.69) is 15.5 Å². The Bertz CT molecular complexity index is 978. The van der Waals surface area contributed by atoms with Crippen LogP contribution >= 0.6 is 22.7 Å². The highest BCUT2D eigenvalue weighted by atomic mass is 32.1. The highest BCUT2D eigenvalue weighted by Crippen LogP contribution is 2.30. The number of imide groups is 1. The predicted octanol–water partition coefficient (Wildman–Crippen LogP) is 2.89. The summed E-state index contributed by atoms with van der Waals surface area (Å²) in [5.41, 5.74) is 0.626. The summed E-state index contributed by atoms with van der Waals surface area (Å²) in [4.78, 5) is 39.4. The van der Waals surface area contributed by atoms with Gasteiger partial charge in [0.05, 0.1) is 16.0 Å². The minimum absolute atomic E-state index is 0.313. The second kappa shape index (κ2) is 6.43. The number of fused-ring (bicyclic) bond motifs is 1. The number of rotatable bonds is 4. The number of benzene rings is 1. The normalized spacial score (nSPS) is 14.4. The number of carbonyl (C=O) groups excluding carboxylic acids is 3. The Labute approximate surface area is 156 Å². The fourth-order valence-electron chi connectivity index (χ4n) is 2.66. The van der Waals surface area contributed by atoms with Crippen molar-refractivity contribution >= 4 is 45.5 Å². The molecule has 0 fully saturated rings. The maximum atomic E-state index is 12.5. The minimum atomic E-state index is -0.962. The van der Waals surface area contributed by atoms with Gasteiger partial charge in [-0.05, 0) is 30.5 Å². The second-order valence-electron chi connectivity index (χ2n) is 5.58. The molecule has 4 rings (SSSR count). The molecular weight excluding hydrogens is 372 g/mol. The molecule has 0 spiro atoms. The molecule has 0 saturated heterocycles. The first-order valence-corrected chi connectivity index (χ1v) is 9.41. The zero-order valence-corrected chi connectivity index (χ0v) is 15.1. The van der Waals surface area contributed by atoms with Crippen molar-refractivity contribution in [3.8, 4) is 9.88 Å². The zero-order valence-electron chi connectivity index (χ0n) is 13.5. The Kier molecular flexibility index (Phi) is 4.09. The summed E-state index contributed by atoms with van der Waals surface area (Å²) in [5.74, 6) is -1.43. The SMILES string of the molecule is CC(C(=O)Nc1nnc(-c2cccs2)s1)N1C(=O)c2ccccc2C1=O. The Morgan fingerprint density at radius 2 is 1.77 bits per heavy atom. The Hall–Kier alpha value is -2.91. The largest absolute Gasteiger partial charge is 0.299 e. The third-order valence-corrected chi connectivity index (χ3v) is 5.86. The number of carbonyl (C=O) groups is 3. The summed E-state index contributed by atoms with van der Waals surface area (Å²) < 4.78 is 0. The summed E-state index contributed by atoms with van der Waals surface area (Å²) in [6, 6.07) is 9.40. The Balaban J connectivity index is 1.51. The number of anilines is 1. The molecule has 1 aliphatic rings. The van der Waals surface area contributed by atoms with E-state index in [1.807, 2.05) is 17.5 Å². The van der Waals surface area contributed by atoms with Crippen molar-refractivity contribution in [2.75, 3.05) is 5.32 Å². The molecule has 3 aromatic rings. The van der Waals surface area contributed by atoms with Crippen LogP contribution in [0.3, 0.4) is 0 Å². The molecule has 1 aliphatic heterocycles. The summed E-state index contributed by atoms with van der Waals surface area (Å²) in [6.07, 6.45) is 0. The molecule has 0 radical (unpaired) electrons. The standard InChI is InChI=1S/C17H12N4O3S2/c1-9(21-15(23)10-5-2-3-6-11(10)16(21)24)13(22)18-17-20-19-14(26-17)12-7-4-8-25-12/h2-9H,1H3,(H,18,20,22). The molecule has 0 aliphatic carbocycles. The second-order valence-corrected chi connectivity index (χ2v) is 7.51. The third-order valence-electron chi connectivity index (χ3n) is 3.98. The van der Waals surface area contributed by atoms with Gasteiger partial charge in [0.1, 0.15) is 6.04 Å². The van der Waals surface area contributed by atoms with Crippen LogP contribution in [0.1, 0.15) is 27.6 Å². The number of nitrogens with one attached hydrogen (secondary N) is 1. The molecular formula is C17H12N4O3S2. The smallest absolute Gasteiger partial charge is 0.262 e. The molecule has 2 aromatic heterocycles. The fraction of sp³-hybridized carbons (Fsp3) is 0.118. The van der Waals surface area contributed by atoms with Crippen LogP contribution in [0.5, 0.6) is 0 Å². The lowest BCUT2D eigenvalue weighted by Crippen LogP contribution is -2.45. The van der Waals surface area contributed by atoms with Crippen molar-refractivity contribution in [3.05, 3.63) is 52.9 Å². The summed E-state index contributed by atoms with van der Waals surface area (Å²) >= 11 is 2.76. The van der Waals surface area contributed by atoms with E-state index < -0.39 is 23.8 Å². The molecule has 1 aromatic carbocycles. The minimum Gasteiger partial charge on any atom is -0.299 e. The van der Waals surface area contributed by atoms with Crippen LogP contribution in [0.4, 0.5) is 5.13 Å². The van der Waals surface area contributed by atoms with Crippen LogP contribution in [0, 0.1) is 0 Å². The van der Waals surface area contributed by atoms with E-state index in [1.54, 1.807) is 24.3 Å². The van der Waals surface area contributed by atoms with Gasteiger partial charge in [0.15, 0.2) is 5.01 Å². The van der Waals surface area contributed by atoms with Crippen LogP contribution in [-0.2, 0) is 4.79 Å². The van der Waals surface area contributed by atoms with E-state index in [1.165, 1.54) is 29.6 Å². The fourth-order valence-corrected chi connectivity index (χ4v) is 4.20. The first kappa shape index (κ1) is 16.6. The van der Waals surface area contributed by atoms with Gasteiger partial charge in [-0.25, -0.2) is 0 Å². The van der Waals surface area contributed by atoms with Gasteiger partial charge in [-0.1, -0.05) is 29.5 Å². The number of hydrogen-bond acceptors (Lipinski definition) is 7. The molecule has 130 valence electrons. The van der Waals surface area contributed by atoms with Crippen LogP contribution in [0.15, 0.2) is 41.8 Å². The highest BCUT2D eigenvalue weighted by molar-refractivity contribution is 7.23. The van der Waals surface area contributed by atoms with Crippen LogP contribution < -0.4 is 5.32 Å². The maximum Gasteiger partial charge on any atom is 0.262 e. The van der Waals surface area contributed by atoms with Gasteiger partial charge in [-0.15, -0.1) is 21.5 Å². The van der Waals surface area contributed by atoms with Crippen molar-refractivity contribution in [2.24, 2.45) is 0 Å². The number of amides is 3. The van der Waals surface area contributed by atoms with Crippen molar-refractivity contribution in [3.63, 3.8) is 0 Å². The lowest BCUT2D eigenvalue weighted by Gasteiger charge is -2.20. The topological polar surface area (TPSA) is 92.3 Å². The van der Waals surface area contributed by atoms with Gasteiger partial charge < -0.3 is 0 Å². The molecule has 3 heterocycles. The molecule has 9 heteroatoms. The van der Waals surface area contributed by atoms with Gasteiger partial charge >= 0.3 is 0 Å². The van der Waals surface area contributed by atoms with Gasteiger partial charge in [0, 0.05) is 0 Å². The van der Waals surface area contributed by atoms with E-state index in [0.717, 1.165) is 9.78 Å². The number of aromatic nitrogens is 2. The first-order valence-electron chi connectivity index (χ1n) is 7.71. The lowest BCUT2D eigenvalue weighted by atomic mass is 10.1. The predicted molar refractivity (Wildman–Crippen MR) is 98.3 cm³/mol. The molecule has 1 unspecified atom stereocenters. The Morgan fingerprint density at radius 1 is 1.08 bits per heavy atom. The summed E-state index contributed by atoms with van der Waals surface area (Å²) in [5, 5.41) is 13.6. The van der Waals surface area contributed by atoms with E-state index in [9.17, 15) is 14.4 Å². The molecule has 7 nitrogen and oxygen atoms in total. The lowest BCUT2D eigenvalue weighted by molar-refractivity contribution is -0.119. The molecule has 0 bridgehead atoms. The third kappa shape index (κ3) is 2.71. The quantitative estimate of drug-likeness (QED) is 0.698.